The van der Waals surface area contributed by atoms with E-state index < -0.39 is 0 Å². The highest BCUT2D eigenvalue weighted by molar-refractivity contribution is 5.95. The summed E-state index contributed by atoms with van der Waals surface area (Å²) in [5.41, 5.74) is 3.28. The van der Waals surface area contributed by atoms with Gasteiger partial charge in [-0.2, -0.15) is 0 Å². The summed E-state index contributed by atoms with van der Waals surface area (Å²) in [6.45, 7) is 0.731. The first-order valence-electron chi connectivity index (χ1n) is 8.91. The van der Waals surface area contributed by atoms with E-state index in [0.29, 0.717) is 5.69 Å². The van der Waals surface area contributed by atoms with Crippen LogP contribution in [0.15, 0.2) is 60.7 Å². The van der Waals surface area contributed by atoms with Gasteiger partial charge in [0.15, 0.2) is 0 Å². The Labute approximate surface area is 150 Å². The van der Waals surface area contributed by atoms with Crippen molar-refractivity contribution < 1.29 is 4.79 Å². The van der Waals surface area contributed by atoms with Gasteiger partial charge >= 0.3 is 0 Å². The fraction of sp³-hybridized carbons (Fsp3) is 0.190. The number of aromatic nitrogens is 3. The summed E-state index contributed by atoms with van der Waals surface area (Å²) in [6, 6.07) is 19.6. The zero-order valence-electron chi connectivity index (χ0n) is 14.2. The SMILES string of the molecule is O=C(c1ccc2ccccc2n1)N1CCC[C@H]1c1nc2ccccc2[nH]1. The highest BCUT2D eigenvalue weighted by Gasteiger charge is 2.33. The molecule has 5 nitrogen and oxygen atoms in total. The summed E-state index contributed by atoms with van der Waals surface area (Å²) in [4.78, 5) is 27.7. The lowest BCUT2D eigenvalue weighted by Gasteiger charge is -2.22. The number of H-pyrrole nitrogens is 1. The average Bonchev–Trinajstić information content (AvgIpc) is 3.33. The molecule has 5 rings (SSSR count). The van der Waals surface area contributed by atoms with Crippen LogP contribution >= 0.6 is 0 Å². The Hall–Kier alpha value is -3.21. The molecule has 1 saturated heterocycles. The number of hydrogen-bond acceptors (Lipinski definition) is 3. The van der Waals surface area contributed by atoms with Crippen molar-refractivity contribution in [2.75, 3.05) is 6.54 Å². The Kier molecular flexibility index (Phi) is 3.45. The first kappa shape index (κ1) is 15.1. The molecule has 0 saturated carbocycles. The number of carbonyl (C=O) groups excluding carboxylic acids is 1. The molecular weight excluding hydrogens is 324 g/mol. The second-order valence-corrected chi connectivity index (χ2v) is 6.68. The molecule has 5 heteroatoms. The van der Waals surface area contributed by atoms with Crippen molar-refractivity contribution in [2.45, 2.75) is 18.9 Å². The Bertz CT molecular complexity index is 1080. The normalized spacial score (nSPS) is 17.2. The van der Waals surface area contributed by atoms with Crippen LogP contribution in [0.3, 0.4) is 0 Å². The second-order valence-electron chi connectivity index (χ2n) is 6.68. The van der Waals surface area contributed by atoms with Crippen LogP contribution in [0.1, 0.15) is 35.2 Å². The van der Waals surface area contributed by atoms with Gasteiger partial charge in [-0.15, -0.1) is 0 Å². The molecule has 2 aromatic heterocycles. The molecule has 1 aliphatic heterocycles. The fourth-order valence-electron chi connectivity index (χ4n) is 3.76. The summed E-state index contributed by atoms with van der Waals surface area (Å²) < 4.78 is 0. The Morgan fingerprint density at radius 3 is 2.65 bits per heavy atom. The quantitative estimate of drug-likeness (QED) is 0.597. The number of carbonyl (C=O) groups is 1. The van der Waals surface area contributed by atoms with Crippen molar-refractivity contribution in [1.29, 1.82) is 0 Å². The van der Waals surface area contributed by atoms with Gasteiger partial charge in [-0.05, 0) is 37.1 Å². The Morgan fingerprint density at radius 2 is 1.77 bits per heavy atom. The van der Waals surface area contributed by atoms with Crippen LogP contribution in [0.5, 0.6) is 0 Å². The van der Waals surface area contributed by atoms with E-state index in [2.05, 4.69) is 9.97 Å². The van der Waals surface area contributed by atoms with Crippen molar-refractivity contribution in [1.82, 2.24) is 19.9 Å². The first-order valence-corrected chi connectivity index (χ1v) is 8.91. The number of imidazole rings is 1. The number of hydrogen-bond donors (Lipinski definition) is 1. The molecule has 4 aromatic rings. The van der Waals surface area contributed by atoms with Crippen molar-refractivity contribution in [2.24, 2.45) is 0 Å². The molecule has 3 heterocycles. The molecule has 26 heavy (non-hydrogen) atoms. The van der Waals surface area contributed by atoms with E-state index in [1.807, 2.05) is 65.6 Å². The minimum atomic E-state index is -0.0290. The molecule has 0 spiro atoms. The van der Waals surface area contributed by atoms with Crippen LogP contribution in [0.4, 0.5) is 0 Å². The highest BCUT2D eigenvalue weighted by Crippen LogP contribution is 2.32. The van der Waals surface area contributed by atoms with Crippen LogP contribution in [0, 0.1) is 0 Å². The van der Waals surface area contributed by atoms with Gasteiger partial charge in [0.1, 0.15) is 11.5 Å². The van der Waals surface area contributed by atoms with Gasteiger partial charge < -0.3 is 9.88 Å². The molecule has 0 unspecified atom stereocenters. The van der Waals surface area contributed by atoms with E-state index in [4.69, 9.17) is 4.98 Å². The molecule has 2 aromatic carbocycles. The summed E-state index contributed by atoms with van der Waals surface area (Å²) in [7, 11) is 0. The van der Waals surface area contributed by atoms with Crippen LogP contribution in [-0.2, 0) is 0 Å². The number of likely N-dealkylation sites (tertiary alicyclic amines) is 1. The van der Waals surface area contributed by atoms with Crippen LogP contribution < -0.4 is 0 Å². The molecule has 1 atom stereocenters. The minimum absolute atomic E-state index is 0.0248. The second kappa shape index (κ2) is 5.95. The van der Waals surface area contributed by atoms with E-state index >= 15 is 0 Å². The van der Waals surface area contributed by atoms with Gasteiger partial charge in [0.25, 0.3) is 5.91 Å². The van der Waals surface area contributed by atoms with Crippen molar-refractivity contribution in [3.8, 4) is 0 Å². The van der Waals surface area contributed by atoms with Gasteiger partial charge in [0.05, 0.1) is 22.6 Å². The standard InChI is InChI=1S/C21H18N4O/c26-21(18-12-11-14-6-1-2-7-15(14)22-18)25-13-5-10-19(25)20-23-16-8-3-4-9-17(16)24-20/h1-4,6-9,11-12,19H,5,10,13H2,(H,23,24)/t19-/m0/s1. The number of nitrogens with zero attached hydrogens (tertiary/aromatic N) is 3. The molecule has 1 N–H and O–H groups in total. The number of rotatable bonds is 2. The number of benzene rings is 2. The highest BCUT2D eigenvalue weighted by atomic mass is 16.2. The molecular formula is C21H18N4O. The molecule has 1 fully saturated rings. The van der Waals surface area contributed by atoms with Gasteiger partial charge in [-0.3, -0.25) is 4.79 Å². The lowest BCUT2D eigenvalue weighted by atomic mass is 10.1. The van der Waals surface area contributed by atoms with Gasteiger partial charge in [0, 0.05) is 11.9 Å². The van der Waals surface area contributed by atoms with Crippen LogP contribution in [-0.4, -0.2) is 32.3 Å². The topological polar surface area (TPSA) is 61.9 Å². The summed E-state index contributed by atoms with van der Waals surface area (Å²) in [5.74, 6) is 0.830. The molecule has 128 valence electrons. The lowest BCUT2D eigenvalue weighted by Crippen LogP contribution is -2.31. The van der Waals surface area contributed by atoms with E-state index in [1.165, 1.54) is 0 Å². The predicted molar refractivity (Wildman–Crippen MR) is 101 cm³/mol. The monoisotopic (exact) mass is 342 g/mol. The maximum absolute atomic E-state index is 13.1. The van der Waals surface area contributed by atoms with Gasteiger partial charge in [-0.1, -0.05) is 36.4 Å². The number of fused-ring (bicyclic) bond motifs is 2. The van der Waals surface area contributed by atoms with Gasteiger partial charge in [0.2, 0.25) is 0 Å². The minimum Gasteiger partial charge on any atom is -0.340 e. The van der Waals surface area contributed by atoms with Crippen molar-refractivity contribution >= 4 is 27.8 Å². The zero-order valence-corrected chi connectivity index (χ0v) is 14.2. The summed E-state index contributed by atoms with van der Waals surface area (Å²) in [5, 5.41) is 1.04. The molecule has 1 amide bonds. The van der Waals surface area contributed by atoms with Crippen molar-refractivity contribution in [3.05, 3.63) is 72.2 Å². The third-order valence-electron chi connectivity index (χ3n) is 5.05. The van der Waals surface area contributed by atoms with E-state index in [9.17, 15) is 4.79 Å². The maximum atomic E-state index is 13.1. The summed E-state index contributed by atoms with van der Waals surface area (Å²) in [6.07, 6.45) is 1.89. The predicted octanol–water partition coefficient (Wildman–Crippen LogP) is 4.09. The largest absolute Gasteiger partial charge is 0.340 e. The number of aromatic amines is 1. The number of amides is 1. The molecule has 0 radical (unpaired) electrons. The summed E-state index contributed by atoms with van der Waals surface area (Å²) >= 11 is 0. The smallest absolute Gasteiger partial charge is 0.273 e. The van der Waals surface area contributed by atoms with Crippen LogP contribution in [0.2, 0.25) is 0 Å². The van der Waals surface area contributed by atoms with Gasteiger partial charge in [-0.25, -0.2) is 9.97 Å². The maximum Gasteiger partial charge on any atom is 0.273 e. The van der Waals surface area contributed by atoms with E-state index in [1.54, 1.807) is 0 Å². The number of para-hydroxylation sites is 3. The third-order valence-corrected chi connectivity index (χ3v) is 5.05. The van der Waals surface area contributed by atoms with E-state index in [0.717, 1.165) is 47.1 Å². The van der Waals surface area contributed by atoms with Crippen LogP contribution in [0.25, 0.3) is 21.9 Å². The lowest BCUT2D eigenvalue weighted by molar-refractivity contribution is 0.0725. The molecule has 0 aliphatic carbocycles. The zero-order chi connectivity index (χ0) is 17.5. The Balaban J connectivity index is 1.49. The number of pyridine rings is 1. The van der Waals surface area contributed by atoms with Crippen molar-refractivity contribution in [3.63, 3.8) is 0 Å². The molecule has 0 bridgehead atoms. The first-order chi connectivity index (χ1) is 12.8. The Morgan fingerprint density at radius 1 is 0.962 bits per heavy atom. The fourth-order valence-corrected chi connectivity index (χ4v) is 3.76. The average molecular weight is 342 g/mol. The molecule has 1 aliphatic rings. The van der Waals surface area contributed by atoms with E-state index in [-0.39, 0.29) is 11.9 Å². The third kappa shape index (κ3) is 2.44. The number of nitrogens with one attached hydrogen (secondary N) is 1.